The van der Waals surface area contributed by atoms with E-state index in [-0.39, 0.29) is 23.9 Å². The highest BCUT2D eigenvalue weighted by atomic mass is 35.5. The molecule has 0 aliphatic heterocycles. The normalized spacial score (nSPS) is 23.5. The van der Waals surface area contributed by atoms with Gasteiger partial charge in [-0.05, 0) is 23.0 Å². The number of rotatable bonds is 0. The van der Waals surface area contributed by atoms with Gasteiger partial charge in [-0.2, -0.15) is 0 Å². The molecule has 1 aliphatic rings. The van der Waals surface area contributed by atoms with Gasteiger partial charge in [-0.1, -0.05) is 38.1 Å². The van der Waals surface area contributed by atoms with Gasteiger partial charge in [0.2, 0.25) is 0 Å². The van der Waals surface area contributed by atoms with Crippen LogP contribution in [0.15, 0.2) is 24.3 Å². The summed E-state index contributed by atoms with van der Waals surface area (Å²) in [7, 11) is 0. The van der Waals surface area contributed by atoms with Crippen molar-refractivity contribution in [3.8, 4) is 0 Å². The van der Waals surface area contributed by atoms with E-state index < -0.39 is 0 Å². The van der Waals surface area contributed by atoms with Crippen LogP contribution in [0.4, 0.5) is 0 Å². The molecule has 72 valence electrons. The first kappa shape index (κ1) is 10.6. The molecular formula is C11H16ClN. The van der Waals surface area contributed by atoms with Crippen molar-refractivity contribution in [1.29, 1.82) is 0 Å². The highest BCUT2D eigenvalue weighted by Gasteiger charge is 2.34. The Bertz CT molecular complexity index is 307. The maximum atomic E-state index is 6.02. The molecule has 0 unspecified atom stereocenters. The summed E-state index contributed by atoms with van der Waals surface area (Å²) < 4.78 is 0. The fourth-order valence-corrected chi connectivity index (χ4v) is 2.21. The maximum Gasteiger partial charge on any atom is 0.0306 e. The molecule has 0 amide bonds. The zero-order valence-electron chi connectivity index (χ0n) is 8.08. The molecule has 2 N–H and O–H groups in total. The highest BCUT2D eigenvalue weighted by molar-refractivity contribution is 5.85. The average molecular weight is 198 g/mol. The summed E-state index contributed by atoms with van der Waals surface area (Å²) in [5.41, 5.74) is 9.06. The van der Waals surface area contributed by atoms with Gasteiger partial charge in [-0.3, -0.25) is 0 Å². The first-order chi connectivity index (χ1) is 5.61. The van der Waals surface area contributed by atoms with Gasteiger partial charge in [-0.25, -0.2) is 0 Å². The molecule has 0 fully saturated rings. The summed E-state index contributed by atoms with van der Waals surface area (Å²) in [6.07, 6.45) is 1.08. The van der Waals surface area contributed by atoms with Crippen LogP contribution in [0.1, 0.15) is 37.4 Å². The molecular weight excluding hydrogens is 182 g/mol. The minimum absolute atomic E-state index is 0. The van der Waals surface area contributed by atoms with E-state index in [1.165, 1.54) is 11.1 Å². The number of hydrogen-bond acceptors (Lipinski definition) is 1. The van der Waals surface area contributed by atoms with Crippen molar-refractivity contribution in [2.24, 2.45) is 5.73 Å². The Morgan fingerprint density at radius 1 is 1.31 bits per heavy atom. The van der Waals surface area contributed by atoms with Crippen molar-refractivity contribution in [2.45, 2.75) is 31.7 Å². The molecule has 1 nitrogen and oxygen atoms in total. The van der Waals surface area contributed by atoms with E-state index in [9.17, 15) is 0 Å². The monoisotopic (exact) mass is 197 g/mol. The van der Waals surface area contributed by atoms with Crippen LogP contribution in [-0.4, -0.2) is 0 Å². The molecule has 0 heterocycles. The van der Waals surface area contributed by atoms with Crippen LogP contribution in [0.5, 0.6) is 0 Å². The summed E-state index contributed by atoms with van der Waals surface area (Å²) in [6, 6.07) is 8.76. The standard InChI is InChI=1S/C11H15N.ClH/c1-11(2)7-10(12)8-5-3-4-6-9(8)11;/h3-6,10H,7,12H2,1-2H3;1H/t10-;/m0./s1. The third-order valence-corrected chi connectivity index (χ3v) is 2.82. The van der Waals surface area contributed by atoms with Crippen molar-refractivity contribution in [2.75, 3.05) is 0 Å². The predicted molar refractivity (Wildman–Crippen MR) is 58.3 cm³/mol. The summed E-state index contributed by atoms with van der Waals surface area (Å²) in [4.78, 5) is 0. The summed E-state index contributed by atoms with van der Waals surface area (Å²) >= 11 is 0. The van der Waals surface area contributed by atoms with Gasteiger partial charge in [0.05, 0.1) is 0 Å². The fourth-order valence-electron chi connectivity index (χ4n) is 2.21. The van der Waals surface area contributed by atoms with E-state index in [0.29, 0.717) is 0 Å². The Kier molecular flexibility index (Phi) is 2.69. The van der Waals surface area contributed by atoms with Gasteiger partial charge in [0, 0.05) is 6.04 Å². The Balaban J connectivity index is 0.000000845. The molecule has 2 heteroatoms. The molecule has 0 aromatic heterocycles. The van der Waals surface area contributed by atoms with Gasteiger partial charge in [0.25, 0.3) is 0 Å². The van der Waals surface area contributed by atoms with Crippen LogP contribution in [0, 0.1) is 0 Å². The Hall–Kier alpha value is -0.530. The van der Waals surface area contributed by atoms with Crippen molar-refractivity contribution in [1.82, 2.24) is 0 Å². The number of fused-ring (bicyclic) bond motifs is 1. The van der Waals surface area contributed by atoms with Gasteiger partial charge < -0.3 is 5.73 Å². The molecule has 0 saturated carbocycles. The van der Waals surface area contributed by atoms with Crippen LogP contribution >= 0.6 is 12.4 Å². The molecule has 1 atom stereocenters. The first-order valence-corrected chi connectivity index (χ1v) is 4.46. The topological polar surface area (TPSA) is 26.0 Å². The second-order valence-corrected chi connectivity index (χ2v) is 4.28. The second kappa shape index (κ2) is 3.32. The van der Waals surface area contributed by atoms with Crippen molar-refractivity contribution in [3.05, 3.63) is 35.4 Å². The largest absolute Gasteiger partial charge is 0.324 e. The predicted octanol–water partition coefficient (Wildman–Crippen LogP) is 2.79. The lowest BCUT2D eigenvalue weighted by Gasteiger charge is -2.18. The minimum Gasteiger partial charge on any atom is -0.324 e. The van der Waals surface area contributed by atoms with Gasteiger partial charge in [-0.15, -0.1) is 12.4 Å². The molecule has 13 heavy (non-hydrogen) atoms. The minimum atomic E-state index is 0. The second-order valence-electron chi connectivity index (χ2n) is 4.28. The van der Waals surface area contributed by atoms with Crippen LogP contribution in [0.25, 0.3) is 0 Å². The third-order valence-electron chi connectivity index (χ3n) is 2.82. The maximum absolute atomic E-state index is 6.02. The van der Waals surface area contributed by atoms with Crippen molar-refractivity contribution in [3.63, 3.8) is 0 Å². The van der Waals surface area contributed by atoms with E-state index in [1.54, 1.807) is 0 Å². The highest BCUT2D eigenvalue weighted by Crippen LogP contribution is 2.42. The van der Waals surface area contributed by atoms with E-state index in [2.05, 4.69) is 38.1 Å². The number of nitrogens with two attached hydrogens (primary N) is 1. The van der Waals surface area contributed by atoms with Crippen LogP contribution in [0.3, 0.4) is 0 Å². The smallest absolute Gasteiger partial charge is 0.0306 e. The first-order valence-electron chi connectivity index (χ1n) is 4.46. The van der Waals surface area contributed by atoms with E-state index in [0.717, 1.165) is 6.42 Å². The molecule has 0 spiro atoms. The van der Waals surface area contributed by atoms with Crippen LogP contribution in [0.2, 0.25) is 0 Å². The quantitative estimate of drug-likeness (QED) is 0.680. The molecule has 1 aliphatic carbocycles. The molecule has 1 aromatic carbocycles. The zero-order chi connectivity index (χ0) is 8.77. The van der Waals surface area contributed by atoms with Gasteiger partial charge in [0.1, 0.15) is 0 Å². The molecule has 0 saturated heterocycles. The summed E-state index contributed by atoms with van der Waals surface area (Å²) in [5, 5.41) is 0. The number of benzene rings is 1. The van der Waals surface area contributed by atoms with Gasteiger partial charge >= 0.3 is 0 Å². The zero-order valence-corrected chi connectivity index (χ0v) is 8.90. The third kappa shape index (κ3) is 1.59. The lowest BCUT2D eigenvalue weighted by atomic mass is 9.87. The summed E-state index contributed by atoms with van der Waals surface area (Å²) in [6.45, 7) is 4.53. The lowest BCUT2D eigenvalue weighted by molar-refractivity contribution is 0.481. The SMILES string of the molecule is CC1(C)C[C@H](N)c2ccccc21.Cl. The van der Waals surface area contributed by atoms with Crippen molar-refractivity contribution >= 4 is 12.4 Å². The number of hydrogen-bond donors (Lipinski definition) is 1. The summed E-state index contributed by atoms with van der Waals surface area (Å²) in [5.74, 6) is 0. The molecule has 0 radical (unpaired) electrons. The van der Waals surface area contributed by atoms with Gasteiger partial charge in [0.15, 0.2) is 0 Å². The van der Waals surface area contributed by atoms with E-state index in [4.69, 9.17) is 5.73 Å². The lowest BCUT2D eigenvalue weighted by Crippen LogP contribution is -2.14. The fraction of sp³-hybridized carbons (Fsp3) is 0.455. The van der Waals surface area contributed by atoms with E-state index >= 15 is 0 Å². The Morgan fingerprint density at radius 2 is 1.92 bits per heavy atom. The Morgan fingerprint density at radius 3 is 2.54 bits per heavy atom. The molecule has 0 bridgehead atoms. The van der Waals surface area contributed by atoms with Crippen LogP contribution < -0.4 is 5.73 Å². The molecule has 1 aromatic rings. The van der Waals surface area contributed by atoms with E-state index in [1.807, 2.05) is 0 Å². The van der Waals surface area contributed by atoms with Crippen LogP contribution in [-0.2, 0) is 5.41 Å². The molecule has 2 rings (SSSR count). The van der Waals surface area contributed by atoms with Crippen molar-refractivity contribution < 1.29 is 0 Å². The Labute approximate surface area is 85.7 Å². The number of halogens is 1. The average Bonchev–Trinajstić information content (AvgIpc) is 2.25.